The van der Waals surface area contributed by atoms with Crippen LogP contribution in [0.3, 0.4) is 0 Å². The van der Waals surface area contributed by atoms with Gasteiger partial charge in [0.2, 0.25) is 0 Å². The van der Waals surface area contributed by atoms with E-state index in [2.05, 4.69) is 10.6 Å². The van der Waals surface area contributed by atoms with Crippen LogP contribution in [0.5, 0.6) is 0 Å². The maximum Gasteiger partial charge on any atom is 0.326 e. The van der Waals surface area contributed by atoms with Gasteiger partial charge in [-0.15, -0.1) is 0 Å². The summed E-state index contributed by atoms with van der Waals surface area (Å²) in [6.45, 7) is 6.24. The summed E-state index contributed by atoms with van der Waals surface area (Å²) in [5.41, 5.74) is 0.393. The van der Waals surface area contributed by atoms with Gasteiger partial charge in [0, 0.05) is 6.04 Å². The van der Waals surface area contributed by atoms with E-state index in [1.165, 1.54) is 0 Å². The fraction of sp³-hybridized carbons (Fsp3) is 0.474. The lowest BCUT2D eigenvalue weighted by atomic mass is 9.91. The quantitative estimate of drug-likeness (QED) is 0.551. The van der Waals surface area contributed by atoms with Crippen molar-refractivity contribution in [3.63, 3.8) is 0 Å². The summed E-state index contributed by atoms with van der Waals surface area (Å²) in [5, 5.41) is 5.28. The number of rotatable bonds is 7. The molecule has 4 amide bonds. The predicted molar refractivity (Wildman–Crippen MR) is 97.6 cm³/mol. The molecule has 0 bridgehead atoms. The molecule has 0 saturated carbocycles. The van der Waals surface area contributed by atoms with E-state index in [9.17, 15) is 19.2 Å². The van der Waals surface area contributed by atoms with Gasteiger partial charge in [0.05, 0.1) is 0 Å². The van der Waals surface area contributed by atoms with Crippen molar-refractivity contribution < 1.29 is 23.9 Å². The fourth-order valence-corrected chi connectivity index (χ4v) is 2.66. The van der Waals surface area contributed by atoms with Crippen molar-refractivity contribution in [2.45, 2.75) is 45.7 Å². The summed E-state index contributed by atoms with van der Waals surface area (Å²) in [7, 11) is 0. The molecule has 2 rings (SSSR count). The molecule has 8 nitrogen and oxygen atoms in total. The molecule has 0 unspecified atom stereocenters. The number of hydrogen-bond acceptors (Lipinski definition) is 5. The number of esters is 1. The molecule has 0 aliphatic carbocycles. The fourth-order valence-electron chi connectivity index (χ4n) is 2.66. The number of nitrogens with zero attached hydrogens (tertiary/aromatic N) is 1. The highest BCUT2D eigenvalue weighted by atomic mass is 16.5. The zero-order chi connectivity index (χ0) is 20.2. The number of benzene rings is 1. The van der Waals surface area contributed by atoms with E-state index in [4.69, 9.17) is 4.74 Å². The normalized spacial score (nSPS) is 20.2. The highest BCUT2D eigenvalue weighted by molar-refractivity contribution is 6.08. The molecule has 1 aromatic carbocycles. The first-order chi connectivity index (χ1) is 12.7. The SMILES string of the molecule is CC[C@H](C)NC(=O)COC(=O)CN1C(=O)N[C@@](C)(c2ccc(C)cc2)C1=O. The Kier molecular flexibility index (Phi) is 6.20. The van der Waals surface area contributed by atoms with Crippen molar-refractivity contribution in [1.82, 2.24) is 15.5 Å². The van der Waals surface area contributed by atoms with Gasteiger partial charge >= 0.3 is 12.0 Å². The topological polar surface area (TPSA) is 105 Å². The molecule has 2 atom stereocenters. The summed E-state index contributed by atoms with van der Waals surface area (Å²) in [6.07, 6.45) is 0.750. The van der Waals surface area contributed by atoms with E-state index >= 15 is 0 Å². The monoisotopic (exact) mass is 375 g/mol. The maximum atomic E-state index is 12.7. The van der Waals surface area contributed by atoms with Crippen LogP contribution >= 0.6 is 0 Å². The molecule has 1 aliphatic heterocycles. The lowest BCUT2D eigenvalue weighted by Crippen LogP contribution is -2.42. The minimum atomic E-state index is -1.25. The van der Waals surface area contributed by atoms with Gasteiger partial charge in [0.1, 0.15) is 12.1 Å². The molecule has 0 aromatic heterocycles. The van der Waals surface area contributed by atoms with Gasteiger partial charge in [-0.1, -0.05) is 36.8 Å². The number of carbonyl (C=O) groups is 4. The Morgan fingerprint density at radius 3 is 2.48 bits per heavy atom. The zero-order valence-corrected chi connectivity index (χ0v) is 16.0. The maximum absolute atomic E-state index is 12.7. The van der Waals surface area contributed by atoms with Crippen LogP contribution in [0.15, 0.2) is 24.3 Å². The first kappa shape index (κ1) is 20.4. The number of amides is 4. The largest absolute Gasteiger partial charge is 0.454 e. The van der Waals surface area contributed by atoms with E-state index in [0.29, 0.717) is 5.56 Å². The average Bonchev–Trinajstić information content (AvgIpc) is 2.84. The molecular formula is C19H25N3O5. The Morgan fingerprint density at radius 1 is 1.26 bits per heavy atom. The lowest BCUT2D eigenvalue weighted by Gasteiger charge is -2.22. The van der Waals surface area contributed by atoms with Crippen molar-refractivity contribution in [3.05, 3.63) is 35.4 Å². The van der Waals surface area contributed by atoms with Gasteiger partial charge in [-0.3, -0.25) is 19.3 Å². The van der Waals surface area contributed by atoms with Crippen LogP contribution in [0.1, 0.15) is 38.3 Å². The van der Waals surface area contributed by atoms with Crippen LogP contribution in [0.2, 0.25) is 0 Å². The van der Waals surface area contributed by atoms with Gasteiger partial charge in [-0.05, 0) is 32.8 Å². The Labute approximate surface area is 158 Å². The van der Waals surface area contributed by atoms with Crippen LogP contribution in [-0.4, -0.2) is 47.9 Å². The molecule has 1 fully saturated rings. The minimum absolute atomic E-state index is 0.0302. The number of ether oxygens (including phenoxy) is 1. The van der Waals surface area contributed by atoms with E-state index in [-0.39, 0.29) is 6.04 Å². The molecule has 1 heterocycles. The number of aryl methyl sites for hydroxylation is 1. The molecule has 1 aliphatic rings. The molecule has 0 spiro atoms. The number of imide groups is 1. The second-order valence-electron chi connectivity index (χ2n) is 6.85. The molecular weight excluding hydrogens is 350 g/mol. The second kappa shape index (κ2) is 8.20. The van der Waals surface area contributed by atoms with Gasteiger partial charge in [0.15, 0.2) is 6.61 Å². The number of hydrogen-bond donors (Lipinski definition) is 2. The minimum Gasteiger partial charge on any atom is -0.454 e. The molecule has 146 valence electrons. The van der Waals surface area contributed by atoms with Crippen LogP contribution in [0.25, 0.3) is 0 Å². The lowest BCUT2D eigenvalue weighted by molar-refractivity contribution is -0.151. The van der Waals surface area contributed by atoms with Crippen molar-refractivity contribution in [3.8, 4) is 0 Å². The molecule has 8 heteroatoms. The Hall–Kier alpha value is -2.90. The van der Waals surface area contributed by atoms with Crippen molar-refractivity contribution in [1.29, 1.82) is 0 Å². The van der Waals surface area contributed by atoms with Crippen LogP contribution in [0.4, 0.5) is 4.79 Å². The van der Waals surface area contributed by atoms with Crippen molar-refractivity contribution in [2.75, 3.05) is 13.2 Å². The van der Waals surface area contributed by atoms with Gasteiger partial charge in [-0.25, -0.2) is 4.79 Å². The predicted octanol–water partition coefficient (Wildman–Crippen LogP) is 1.22. The zero-order valence-electron chi connectivity index (χ0n) is 16.0. The Balaban J connectivity index is 1.98. The molecule has 1 saturated heterocycles. The standard InChI is InChI=1S/C19H25N3O5/c1-5-13(3)20-15(23)11-27-16(24)10-22-17(25)19(4,21-18(22)26)14-8-6-12(2)7-9-14/h6-9,13H,5,10-11H2,1-4H3,(H,20,23)(H,21,26)/t13-,19-/m0/s1. The highest BCUT2D eigenvalue weighted by Crippen LogP contribution is 2.28. The molecule has 2 N–H and O–H groups in total. The first-order valence-corrected chi connectivity index (χ1v) is 8.83. The van der Waals surface area contributed by atoms with E-state index < -0.39 is 42.5 Å². The van der Waals surface area contributed by atoms with Gasteiger partial charge < -0.3 is 15.4 Å². The molecule has 0 radical (unpaired) electrons. The van der Waals surface area contributed by atoms with Crippen LogP contribution in [0, 0.1) is 6.92 Å². The number of carbonyl (C=O) groups excluding carboxylic acids is 4. The van der Waals surface area contributed by atoms with Crippen LogP contribution in [-0.2, 0) is 24.7 Å². The third-order valence-electron chi connectivity index (χ3n) is 4.58. The summed E-state index contributed by atoms with van der Waals surface area (Å²) in [6, 6.07) is 6.49. The van der Waals surface area contributed by atoms with Crippen molar-refractivity contribution in [2.24, 2.45) is 0 Å². The highest BCUT2D eigenvalue weighted by Gasteiger charge is 2.49. The Bertz CT molecular complexity index is 746. The van der Waals surface area contributed by atoms with E-state index in [1.807, 2.05) is 32.9 Å². The summed E-state index contributed by atoms with van der Waals surface area (Å²) in [5.74, 6) is -1.80. The number of urea groups is 1. The van der Waals surface area contributed by atoms with Gasteiger partial charge in [-0.2, -0.15) is 0 Å². The van der Waals surface area contributed by atoms with E-state index in [0.717, 1.165) is 16.9 Å². The summed E-state index contributed by atoms with van der Waals surface area (Å²) in [4.78, 5) is 49.4. The van der Waals surface area contributed by atoms with Gasteiger partial charge in [0.25, 0.3) is 11.8 Å². The average molecular weight is 375 g/mol. The van der Waals surface area contributed by atoms with Crippen molar-refractivity contribution >= 4 is 23.8 Å². The smallest absolute Gasteiger partial charge is 0.326 e. The van der Waals surface area contributed by atoms with Crippen LogP contribution < -0.4 is 10.6 Å². The number of nitrogens with one attached hydrogen (secondary N) is 2. The first-order valence-electron chi connectivity index (χ1n) is 8.83. The second-order valence-corrected chi connectivity index (χ2v) is 6.85. The van der Waals surface area contributed by atoms with E-state index in [1.54, 1.807) is 19.1 Å². The third-order valence-corrected chi connectivity index (χ3v) is 4.58. The molecule has 1 aromatic rings. The third kappa shape index (κ3) is 4.64. The molecule has 27 heavy (non-hydrogen) atoms. The summed E-state index contributed by atoms with van der Waals surface area (Å²) < 4.78 is 4.87. The Morgan fingerprint density at radius 2 is 1.89 bits per heavy atom. The summed E-state index contributed by atoms with van der Waals surface area (Å²) >= 11 is 0.